The van der Waals surface area contributed by atoms with E-state index in [0.29, 0.717) is 0 Å². The number of carbonyl (C=O) groups excluding carboxylic acids is 1. The van der Waals surface area contributed by atoms with Crippen molar-refractivity contribution >= 4 is 5.91 Å². The minimum atomic E-state index is -1.91. The fourth-order valence-corrected chi connectivity index (χ4v) is 4.46. The van der Waals surface area contributed by atoms with Crippen LogP contribution in [0.4, 0.5) is 0 Å². The summed E-state index contributed by atoms with van der Waals surface area (Å²) < 4.78 is 26.9. The molecule has 0 bridgehead atoms. The van der Waals surface area contributed by atoms with Gasteiger partial charge in [0.2, 0.25) is 5.91 Å². The molecular formula is C20H35NO16. The van der Waals surface area contributed by atoms with Crippen molar-refractivity contribution in [2.24, 2.45) is 0 Å². The quantitative estimate of drug-likeness (QED) is 0.135. The highest BCUT2D eigenvalue weighted by atomic mass is 16.7. The third-order valence-electron chi connectivity index (χ3n) is 6.50. The van der Waals surface area contributed by atoms with Gasteiger partial charge in [-0.1, -0.05) is 0 Å². The summed E-state index contributed by atoms with van der Waals surface area (Å²) in [6.45, 7) is -1.23. The van der Waals surface area contributed by atoms with Crippen molar-refractivity contribution in [1.82, 2.24) is 5.32 Å². The van der Waals surface area contributed by atoms with Crippen LogP contribution in [0.5, 0.6) is 0 Å². The SMILES string of the molecule is CC(=O)N[C@H]1[C@H](O)[C@H](O[C@@H]2O[C@@H](CO)[C@@H](O)[C@@H](O[C@H]3O[C@@H](CO)[C@@H](O)[C@@H](O)[C@@H]3O)[C@@H]2O)[C@H](CO)O[C@H]1O. The van der Waals surface area contributed by atoms with E-state index in [-0.39, 0.29) is 0 Å². The Morgan fingerprint density at radius 3 is 1.70 bits per heavy atom. The second-order valence-corrected chi connectivity index (χ2v) is 9.07. The molecule has 0 aliphatic carbocycles. The number of rotatable bonds is 8. The average molecular weight is 545 g/mol. The topological polar surface area (TPSA) is 278 Å². The zero-order valence-electron chi connectivity index (χ0n) is 19.7. The van der Waals surface area contributed by atoms with Gasteiger partial charge in [0.05, 0.1) is 19.8 Å². The Morgan fingerprint density at radius 2 is 1.16 bits per heavy atom. The van der Waals surface area contributed by atoms with Crippen LogP contribution >= 0.6 is 0 Å². The summed E-state index contributed by atoms with van der Waals surface area (Å²) >= 11 is 0. The Bertz CT molecular complexity index is 745. The number of ether oxygens (including phenoxy) is 5. The molecule has 37 heavy (non-hydrogen) atoms. The number of amides is 1. The summed E-state index contributed by atoms with van der Waals surface area (Å²) in [6.07, 6.45) is -23.4. The van der Waals surface area contributed by atoms with Gasteiger partial charge in [0, 0.05) is 6.92 Å². The number of hydrogen-bond acceptors (Lipinski definition) is 16. The molecule has 3 aliphatic heterocycles. The van der Waals surface area contributed by atoms with E-state index in [1.165, 1.54) is 0 Å². The van der Waals surface area contributed by atoms with Crippen molar-refractivity contribution in [2.75, 3.05) is 19.8 Å². The van der Waals surface area contributed by atoms with Crippen LogP contribution in [-0.4, -0.2) is 169 Å². The molecule has 3 fully saturated rings. The largest absolute Gasteiger partial charge is 0.394 e. The van der Waals surface area contributed by atoms with E-state index in [1.807, 2.05) is 0 Å². The zero-order chi connectivity index (χ0) is 27.6. The van der Waals surface area contributed by atoms with Crippen molar-refractivity contribution in [3.8, 4) is 0 Å². The summed E-state index contributed by atoms with van der Waals surface area (Å²) in [5.74, 6) is -0.627. The smallest absolute Gasteiger partial charge is 0.217 e. The highest BCUT2D eigenvalue weighted by molar-refractivity contribution is 5.73. The monoisotopic (exact) mass is 545 g/mol. The molecule has 0 aromatic carbocycles. The van der Waals surface area contributed by atoms with Crippen LogP contribution in [0.15, 0.2) is 0 Å². The first-order chi connectivity index (χ1) is 17.4. The first-order valence-electron chi connectivity index (χ1n) is 11.6. The van der Waals surface area contributed by atoms with Crippen LogP contribution in [0.1, 0.15) is 6.92 Å². The Labute approximate surface area is 210 Å². The van der Waals surface area contributed by atoms with Crippen LogP contribution in [0, 0.1) is 0 Å². The Balaban J connectivity index is 1.80. The molecule has 15 atom stereocenters. The second kappa shape index (κ2) is 12.8. The lowest BCUT2D eigenvalue weighted by Gasteiger charge is -2.48. The van der Waals surface area contributed by atoms with Gasteiger partial charge in [-0.2, -0.15) is 0 Å². The molecule has 0 aromatic rings. The van der Waals surface area contributed by atoms with Crippen molar-refractivity contribution in [3.63, 3.8) is 0 Å². The lowest BCUT2D eigenvalue weighted by atomic mass is 9.95. The summed E-state index contributed by atoms with van der Waals surface area (Å²) in [5.41, 5.74) is 0. The van der Waals surface area contributed by atoms with Crippen LogP contribution in [0.3, 0.4) is 0 Å². The van der Waals surface area contributed by atoms with E-state index >= 15 is 0 Å². The third-order valence-corrected chi connectivity index (χ3v) is 6.50. The minimum Gasteiger partial charge on any atom is -0.394 e. The second-order valence-electron chi connectivity index (χ2n) is 9.07. The number of aliphatic hydroxyl groups is 10. The summed E-state index contributed by atoms with van der Waals surface area (Å²) in [4.78, 5) is 11.5. The van der Waals surface area contributed by atoms with Crippen LogP contribution in [-0.2, 0) is 28.5 Å². The lowest BCUT2D eigenvalue weighted by Crippen LogP contribution is -2.68. The maximum Gasteiger partial charge on any atom is 0.217 e. The van der Waals surface area contributed by atoms with Gasteiger partial charge in [0.25, 0.3) is 0 Å². The average Bonchev–Trinajstić information content (AvgIpc) is 2.86. The first-order valence-corrected chi connectivity index (χ1v) is 11.6. The molecule has 0 aromatic heterocycles. The predicted octanol–water partition coefficient (Wildman–Crippen LogP) is -7.43. The van der Waals surface area contributed by atoms with Gasteiger partial charge in [0.15, 0.2) is 18.9 Å². The number of carbonyl (C=O) groups is 1. The van der Waals surface area contributed by atoms with Gasteiger partial charge in [0.1, 0.15) is 73.2 Å². The zero-order valence-corrected chi connectivity index (χ0v) is 19.7. The van der Waals surface area contributed by atoms with Crippen LogP contribution in [0.25, 0.3) is 0 Å². The minimum absolute atomic E-state index is 0.627. The van der Waals surface area contributed by atoms with Gasteiger partial charge in [-0.15, -0.1) is 0 Å². The molecule has 3 heterocycles. The maximum atomic E-state index is 11.5. The Morgan fingerprint density at radius 1 is 0.649 bits per heavy atom. The summed E-state index contributed by atoms with van der Waals surface area (Å²) in [6, 6.07) is -1.40. The maximum absolute atomic E-state index is 11.5. The molecule has 3 rings (SSSR count). The van der Waals surface area contributed by atoms with E-state index in [0.717, 1.165) is 6.92 Å². The summed E-state index contributed by atoms with van der Waals surface area (Å²) in [7, 11) is 0. The van der Waals surface area contributed by atoms with Crippen molar-refractivity contribution in [1.29, 1.82) is 0 Å². The normalized spacial score (nSPS) is 49.0. The Hall–Kier alpha value is -1.13. The van der Waals surface area contributed by atoms with E-state index < -0.39 is 118 Å². The standard InChI is InChI=1S/C20H35NO16/c1-5(25)21-9-12(28)16(8(4-24)33-18(9)32)36-20-15(31)17(11(27)7(3-23)35-20)37-19-14(30)13(29)10(26)6(2-22)34-19/h6-20,22-24,26-32H,2-4H2,1H3,(H,21,25)/t6-,7-,8-,9-,10+,11+,12-,13+,14-,15-,16+,17+,18+,19+,20-/m0/s1. The first kappa shape index (κ1) is 30.4. The van der Waals surface area contributed by atoms with Gasteiger partial charge in [-0.25, -0.2) is 0 Å². The molecule has 0 saturated carbocycles. The van der Waals surface area contributed by atoms with Gasteiger partial charge >= 0.3 is 0 Å². The van der Waals surface area contributed by atoms with Gasteiger partial charge in [-0.3, -0.25) is 4.79 Å². The van der Waals surface area contributed by atoms with E-state index in [4.69, 9.17) is 23.7 Å². The molecule has 3 saturated heterocycles. The fraction of sp³-hybridized carbons (Fsp3) is 0.950. The molecule has 0 unspecified atom stereocenters. The lowest BCUT2D eigenvalue weighted by molar-refractivity contribution is -0.375. The number of aliphatic hydroxyl groups excluding tert-OH is 10. The van der Waals surface area contributed by atoms with Crippen LogP contribution < -0.4 is 5.32 Å². The van der Waals surface area contributed by atoms with E-state index in [2.05, 4.69) is 5.32 Å². The van der Waals surface area contributed by atoms with Crippen molar-refractivity contribution in [2.45, 2.75) is 99.0 Å². The Kier molecular flexibility index (Phi) is 10.5. The molecule has 0 radical (unpaired) electrons. The third kappa shape index (κ3) is 6.38. The van der Waals surface area contributed by atoms with E-state index in [9.17, 15) is 55.9 Å². The number of hydrogen-bond donors (Lipinski definition) is 11. The molecule has 0 spiro atoms. The van der Waals surface area contributed by atoms with Crippen molar-refractivity contribution in [3.05, 3.63) is 0 Å². The molecule has 216 valence electrons. The molecule has 17 nitrogen and oxygen atoms in total. The molecular weight excluding hydrogens is 510 g/mol. The van der Waals surface area contributed by atoms with Gasteiger partial charge < -0.3 is 80.1 Å². The van der Waals surface area contributed by atoms with Gasteiger partial charge in [-0.05, 0) is 0 Å². The van der Waals surface area contributed by atoms with Crippen LogP contribution in [0.2, 0.25) is 0 Å². The molecule has 11 N–H and O–H groups in total. The molecule has 1 amide bonds. The fourth-order valence-electron chi connectivity index (χ4n) is 4.46. The predicted molar refractivity (Wildman–Crippen MR) is 113 cm³/mol. The van der Waals surface area contributed by atoms with Crippen molar-refractivity contribution < 1.29 is 79.5 Å². The highest BCUT2D eigenvalue weighted by Crippen LogP contribution is 2.32. The molecule has 3 aliphatic rings. The number of nitrogens with one attached hydrogen (secondary N) is 1. The molecule has 17 heteroatoms. The highest BCUT2D eigenvalue weighted by Gasteiger charge is 2.53. The summed E-state index contributed by atoms with van der Waals surface area (Å²) in [5, 5.41) is 103. The van der Waals surface area contributed by atoms with E-state index in [1.54, 1.807) is 0 Å².